The van der Waals surface area contributed by atoms with Crippen LogP contribution in [0.4, 0.5) is 4.39 Å². The lowest BCUT2D eigenvalue weighted by Crippen LogP contribution is -2.35. The van der Waals surface area contributed by atoms with E-state index in [1.165, 1.54) is 12.1 Å². The van der Waals surface area contributed by atoms with Crippen LogP contribution >= 0.6 is 11.3 Å². The third-order valence-electron chi connectivity index (χ3n) is 7.48. The van der Waals surface area contributed by atoms with E-state index in [9.17, 15) is 14.0 Å². The molecular weight excluding hydrogens is 541 g/mol. The molecule has 0 bridgehead atoms. The molecule has 0 unspecified atom stereocenters. The predicted molar refractivity (Wildman–Crippen MR) is 157 cm³/mol. The summed E-state index contributed by atoms with van der Waals surface area (Å²) in [6.07, 6.45) is 3.50. The summed E-state index contributed by atoms with van der Waals surface area (Å²) in [5, 5.41) is 7.42. The summed E-state index contributed by atoms with van der Waals surface area (Å²) in [6.45, 7) is 3.95. The van der Waals surface area contributed by atoms with Crippen LogP contribution in [0.5, 0.6) is 5.75 Å². The van der Waals surface area contributed by atoms with Crippen molar-refractivity contribution < 1.29 is 23.1 Å². The number of carbonyl (C=O) groups excluding carboxylic acids is 2. The molecule has 0 saturated heterocycles. The molecule has 2 N–H and O–H groups in total. The maximum atomic E-state index is 13.6. The summed E-state index contributed by atoms with van der Waals surface area (Å²) in [5.41, 5.74) is 3.96. The highest BCUT2D eigenvalue weighted by molar-refractivity contribution is 7.11. The topological polar surface area (TPSA) is 93.5 Å². The number of ether oxygens (including phenoxy) is 1. The van der Waals surface area contributed by atoms with Gasteiger partial charge in [0.05, 0.1) is 23.8 Å². The highest BCUT2D eigenvalue weighted by Gasteiger charge is 2.48. The number of nitrogens with one attached hydrogen (secondary N) is 2. The molecule has 1 aliphatic rings. The average molecular weight is 570 g/mol. The van der Waals surface area contributed by atoms with Gasteiger partial charge in [0.2, 0.25) is 0 Å². The molecular formula is C32H28FN3O4S. The van der Waals surface area contributed by atoms with Crippen molar-refractivity contribution in [2.45, 2.75) is 32.2 Å². The second-order valence-corrected chi connectivity index (χ2v) is 11.5. The number of fused-ring (bicyclic) bond motifs is 1. The first-order valence-corrected chi connectivity index (χ1v) is 14.0. The number of aryl methyl sites for hydroxylation is 2. The van der Waals surface area contributed by atoms with Crippen LogP contribution in [0, 0.1) is 19.7 Å². The maximum Gasteiger partial charge on any atom is 0.255 e. The van der Waals surface area contributed by atoms with Crippen molar-refractivity contribution in [3.63, 3.8) is 0 Å². The van der Waals surface area contributed by atoms with Crippen molar-refractivity contribution in [1.29, 1.82) is 0 Å². The Hall–Kier alpha value is -4.50. The van der Waals surface area contributed by atoms with E-state index in [1.807, 2.05) is 44.3 Å². The number of thiazole rings is 1. The average Bonchev–Trinajstić information content (AvgIpc) is 3.44. The van der Waals surface area contributed by atoms with Crippen LogP contribution in [-0.2, 0) is 5.54 Å². The SMILES string of the molecule is CNC(=O)c1c(-c2ccc(F)cc2)oc2ccc(-c3cc(C(=O)NC4(c5ncc(C)s5)CC4)c(OC)cc3C)cc12. The Morgan fingerprint density at radius 2 is 1.76 bits per heavy atom. The highest BCUT2D eigenvalue weighted by Crippen LogP contribution is 2.47. The fourth-order valence-electron chi connectivity index (χ4n) is 5.14. The van der Waals surface area contributed by atoms with Crippen molar-refractivity contribution >= 4 is 34.1 Å². The number of methoxy groups -OCH3 is 1. The van der Waals surface area contributed by atoms with Gasteiger partial charge in [0.1, 0.15) is 27.9 Å². The molecule has 0 atom stereocenters. The zero-order valence-electron chi connectivity index (χ0n) is 23.1. The molecule has 9 heteroatoms. The summed E-state index contributed by atoms with van der Waals surface area (Å²) in [4.78, 5) is 32.3. The van der Waals surface area contributed by atoms with Gasteiger partial charge in [-0.15, -0.1) is 11.3 Å². The largest absolute Gasteiger partial charge is 0.496 e. The summed E-state index contributed by atoms with van der Waals surface area (Å²) in [6, 6.07) is 15.1. The molecule has 208 valence electrons. The lowest BCUT2D eigenvalue weighted by molar-refractivity contribution is 0.0926. The molecule has 2 amide bonds. The van der Waals surface area contributed by atoms with Crippen LogP contribution in [0.3, 0.4) is 0 Å². The molecule has 6 rings (SSSR count). The summed E-state index contributed by atoms with van der Waals surface area (Å²) >= 11 is 1.60. The van der Waals surface area contributed by atoms with Crippen LogP contribution in [0.2, 0.25) is 0 Å². The van der Waals surface area contributed by atoms with Crippen molar-refractivity contribution in [3.8, 4) is 28.2 Å². The van der Waals surface area contributed by atoms with Crippen LogP contribution < -0.4 is 15.4 Å². The van der Waals surface area contributed by atoms with E-state index in [0.29, 0.717) is 39.2 Å². The van der Waals surface area contributed by atoms with Gasteiger partial charge in [-0.25, -0.2) is 9.37 Å². The predicted octanol–water partition coefficient (Wildman–Crippen LogP) is 6.77. The second kappa shape index (κ2) is 10.2. The Morgan fingerprint density at radius 1 is 1.02 bits per heavy atom. The quantitative estimate of drug-likeness (QED) is 0.226. The number of aromatic nitrogens is 1. The minimum atomic E-state index is -0.444. The number of hydrogen-bond donors (Lipinski definition) is 2. The van der Waals surface area contributed by atoms with Gasteiger partial charge >= 0.3 is 0 Å². The second-order valence-electron chi connectivity index (χ2n) is 10.3. The lowest BCUT2D eigenvalue weighted by Gasteiger charge is -2.18. The van der Waals surface area contributed by atoms with Gasteiger partial charge in [-0.05, 0) is 91.9 Å². The molecule has 0 spiro atoms. The minimum Gasteiger partial charge on any atom is -0.496 e. The van der Waals surface area contributed by atoms with Crippen molar-refractivity contribution in [2.24, 2.45) is 0 Å². The molecule has 3 aromatic carbocycles. The first-order valence-electron chi connectivity index (χ1n) is 13.2. The van der Waals surface area contributed by atoms with E-state index < -0.39 is 5.54 Å². The van der Waals surface area contributed by atoms with E-state index in [2.05, 4.69) is 15.6 Å². The zero-order valence-corrected chi connectivity index (χ0v) is 23.9. The van der Waals surface area contributed by atoms with Crippen molar-refractivity contribution in [1.82, 2.24) is 15.6 Å². The standard InChI is InChI=1S/C32H28FN3O4S/c1-17-13-26(39-4)24(29(37)36-32(11-12-32)31-35-16-18(2)41-31)15-22(17)20-7-10-25-23(14-20)27(30(38)34-3)28(40-25)19-5-8-21(33)9-6-19/h5-10,13-16H,11-12H2,1-4H3,(H,34,38)(H,36,37). The van der Waals surface area contributed by atoms with Crippen LogP contribution in [-0.4, -0.2) is 31.0 Å². The molecule has 41 heavy (non-hydrogen) atoms. The molecule has 5 aromatic rings. The van der Waals surface area contributed by atoms with Gasteiger partial charge in [0.15, 0.2) is 0 Å². The van der Waals surface area contributed by atoms with Gasteiger partial charge < -0.3 is 19.8 Å². The molecule has 7 nitrogen and oxygen atoms in total. The van der Waals surface area contributed by atoms with Gasteiger partial charge in [-0.1, -0.05) is 6.07 Å². The third kappa shape index (κ3) is 4.76. The number of halogens is 1. The first kappa shape index (κ1) is 26.7. The fraction of sp³-hybridized carbons (Fsp3) is 0.219. The molecule has 2 aromatic heterocycles. The third-order valence-corrected chi connectivity index (χ3v) is 8.60. The zero-order chi connectivity index (χ0) is 28.9. The van der Waals surface area contributed by atoms with Gasteiger partial charge in [-0.2, -0.15) is 0 Å². The number of hydrogen-bond acceptors (Lipinski definition) is 6. The monoisotopic (exact) mass is 569 g/mol. The Bertz CT molecular complexity index is 1820. The summed E-state index contributed by atoms with van der Waals surface area (Å²) < 4.78 is 25.3. The number of carbonyl (C=O) groups is 2. The molecule has 0 radical (unpaired) electrons. The number of nitrogens with zero attached hydrogens (tertiary/aromatic N) is 1. The Balaban J connectivity index is 1.43. The highest BCUT2D eigenvalue weighted by atomic mass is 32.1. The maximum absolute atomic E-state index is 13.6. The van der Waals surface area contributed by atoms with Crippen molar-refractivity contribution in [2.75, 3.05) is 14.2 Å². The Morgan fingerprint density at radius 3 is 2.39 bits per heavy atom. The summed E-state index contributed by atoms with van der Waals surface area (Å²) in [5.74, 6) is -0.0988. The van der Waals surface area contributed by atoms with Crippen LogP contribution in [0.25, 0.3) is 33.4 Å². The minimum absolute atomic E-state index is 0.234. The fourth-order valence-corrected chi connectivity index (χ4v) is 6.10. The smallest absolute Gasteiger partial charge is 0.255 e. The molecule has 1 fully saturated rings. The van der Waals surface area contributed by atoms with E-state index in [-0.39, 0.29) is 17.6 Å². The van der Waals surface area contributed by atoms with Gasteiger partial charge in [-0.3, -0.25) is 9.59 Å². The number of rotatable bonds is 7. The molecule has 1 saturated carbocycles. The van der Waals surface area contributed by atoms with Gasteiger partial charge in [0.25, 0.3) is 11.8 Å². The van der Waals surface area contributed by atoms with E-state index in [0.717, 1.165) is 39.4 Å². The van der Waals surface area contributed by atoms with E-state index in [4.69, 9.17) is 9.15 Å². The number of amides is 2. The Labute approximate surface area is 240 Å². The molecule has 0 aliphatic heterocycles. The molecule has 2 heterocycles. The first-order chi connectivity index (χ1) is 19.7. The normalized spacial score (nSPS) is 13.7. The Kier molecular flexibility index (Phi) is 6.62. The lowest BCUT2D eigenvalue weighted by atomic mass is 9.95. The number of furan rings is 1. The van der Waals surface area contributed by atoms with Crippen LogP contribution in [0.1, 0.15) is 49.0 Å². The van der Waals surface area contributed by atoms with E-state index >= 15 is 0 Å². The van der Waals surface area contributed by atoms with Gasteiger partial charge in [0, 0.05) is 29.1 Å². The van der Waals surface area contributed by atoms with E-state index in [1.54, 1.807) is 43.7 Å². The number of benzene rings is 3. The molecule has 1 aliphatic carbocycles. The van der Waals surface area contributed by atoms with Crippen molar-refractivity contribution in [3.05, 3.63) is 93.2 Å². The summed E-state index contributed by atoms with van der Waals surface area (Å²) in [7, 11) is 3.10. The van der Waals surface area contributed by atoms with Crippen LogP contribution in [0.15, 0.2) is 65.2 Å².